The van der Waals surface area contributed by atoms with Crippen molar-refractivity contribution in [2.45, 2.75) is 181 Å². The molecule has 0 aromatic carbocycles. The molecule has 0 N–H and O–H groups in total. The summed E-state index contributed by atoms with van der Waals surface area (Å²) in [5.41, 5.74) is 0. The molecule has 0 atom stereocenters. The van der Waals surface area contributed by atoms with Crippen LogP contribution in [0.4, 0.5) is 0 Å². The number of unbranched alkanes of at least 4 members (excludes halogenated alkanes) is 23. The van der Waals surface area contributed by atoms with E-state index in [-0.39, 0.29) is 38.9 Å². The van der Waals surface area contributed by atoms with E-state index >= 15 is 0 Å². The summed E-state index contributed by atoms with van der Waals surface area (Å²) in [6.45, 7) is 4.58. The predicted octanol–water partition coefficient (Wildman–Crippen LogP) is 9.82. The van der Waals surface area contributed by atoms with Crippen LogP contribution in [-0.2, 0) is 23.6 Å². The fraction of sp³-hybridized carbons (Fsp3) is 0.967. The van der Waals surface area contributed by atoms with E-state index in [1.165, 1.54) is 122 Å². The Balaban J connectivity index is -0.00000204. The second-order valence-corrected chi connectivity index (χ2v) is 11.8. The van der Waals surface area contributed by atoms with Crippen LogP contribution in [0.3, 0.4) is 0 Å². The third-order valence-electron chi connectivity index (χ3n) is 6.91. The largest absolute Gasteiger partial charge is 2.00 e. The van der Waals surface area contributed by atoms with Crippen molar-refractivity contribution < 1.29 is 24.4 Å². The molecule has 37 heavy (non-hydrogen) atoms. The summed E-state index contributed by atoms with van der Waals surface area (Å²) in [4.78, 5) is 11.8. The molecule has 0 radical (unpaired) electrons. The predicted molar refractivity (Wildman–Crippen MR) is 160 cm³/mol. The monoisotopic (exact) mass is 558 g/mol. The number of rotatable bonds is 29. The van der Waals surface area contributed by atoms with Gasteiger partial charge < -0.3 is 7.04 Å². The molecule has 0 amide bonds. The third kappa shape index (κ3) is 32.3. The van der Waals surface area contributed by atoms with Crippen molar-refractivity contribution in [3.8, 4) is 0 Å². The maximum atomic E-state index is 11.8. The van der Waals surface area contributed by atoms with Crippen LogP contribution in [0, 0.1) is 0 Å². The van der Waals surface area contributed by atoms with E-state index in [9.17, 15) is 13.2 Å². The molecule has 0 spiro atoms. The Labute approximate surface area is 250 Å². The molecular formula is C30H62MgO5S. The van der Waals surface area contributed by atoms with Crippen LogP contribution < -0.4 is 0 Å². The van der Waals surface area contributed by atoms with Gasteiger partial charge in [-0.1, -0.05) is 162 Å². The van der Waals surface area contributed by atoms with E-state index < -0.39 is 16.4 Å². The summed E-state index contributed by atoms with van der Waals surface area (Å²) < 4.78 is 33.0. The number of hydrogen-bond donors (Lipinski definition) is 0. The minimum absolute atomic E-state index is 0. The average molecular weight is 559 g/mol. The molecule has 220 valence electrons. The van der Waals surface area contributed by atoms with Crippen molar-refractivity contribution in [3.63, 3.8) is 0 Å². The maximum absolute atomic E-state index is 11.8. The van der Waals surface area contributed by atoms with E-state index in [0.29, 0.717) is 12.8 Å². The molecule has 0 unspecified atom stereocenters. The van der Waals surface area contributed by atoms with Gasteiger partial charge in [0, 0.05) is 6.42 Å². The Hall–Kier alpha value is 0.146. The molecular weight excluding hydrogens is 497 g/mol. The first-order valence-corrected chi connectivity index (χ1v) is 17.0. The zero-order chi connectivity index (χ0) is 26.6. The molecule has 0 aliphatic rings. The van der Waals surface area contributed by atoms with Gasteiger partial charge in [0.25, 0.3) is 0 Å². The van der Waals surface area contributed by atoms with Crippen molar-refractivity contribution in [1.29, 1.82) is 0 Å². The Morgan fingerprint density at radius 1 is 0.514 bits per heavy atom. The van der Waals surface area contributed by atoms with Gasteiger partial charge in [0.2, 0.25) is 0 Å². The van der Waals surface area contributed by atoms with E-state index in [0.717, 1.165) is 25.7 Å². The first-order chi connectivity index (χ1) is 17.5. The van der Waals surface area contributed by atoms with Crippen molar-refractivity contribution in [1.82, 2.24) is 0 Å². The molecule has 0 heterocycles. The van der Waals surface area contributed by atoms with Crippen molar-refractivity contribution in [3.05, 3.63) is 0 Å². The minimum Gasteiger partial charge on any atom is -1.00 e. The summed E-state index contributed by atoms with van der Waals surface area (Å²) in [6, 6.07) is 0. The summed E-state index contributed by atoms with van der Waals surface area (Å²) >= 11 is 0. The molecule has 0 aromatic heterocycles. The van der Waals surface area contributed by atoms with Crippen LogP contribution in [0.15, 0.2) is 0 Å². The van der Waals surface area contributed by atoms with Gasteiger partial charge in [0.05, 0.1) is 6.61 Å². The molecule has 0 aromatic rings. The van der Waals surface area contributed by atoms with Crippen LogP contribution in [0.2, 0.25) is 0 Å². The van der Waals surface area contributed by atoms with Gasteiger partial charge >= 0.3 is 39.4 Å². The van der Waals surface area contributed by atoms with Gasteiger partial charge in [0.1, 0.15) is 0 Å². The minimum atomic E-state index is -4.21. The summed E-state index contributed by atoms with van der Waals surface area (Å²) in [6.07, 6.45) is 30.6. The van der Waals surface area contributed by atoms with Gasteiger partial charge in [-0.05, 0) is 12.8 Å². The van der Waals surface area contributed by atoms with Gasteiger partial charge in [-0.2, -0.15) is 8.42 Å². The van der Waals surface area contributed by atoms with Crippen LogP contribution in [0.1, 0.15) is 184 Å². The molecule has 0 bridgehead atoms. The fourth-order valence-corrected chi connectivity index (χ4v) is 5.25. The van der Waals surface area contributed by atoms with Crippen LogP contribution in [0.25, 0.3) is 0 Å². The molecule has 0 aliphatic carbocycles. The Morgan fingerprint density at radius 2 is 0.811 bits per heavy atom. The van der Waals surface area contributed by atoms with E-state index in [4.69, 9.17) is 4.18 Å². The SMILES string of the molecule is CCCCCCCCCCCCCCCCCC(=O)OS(=O)(=O)OCCCCCCCCCCCC.[H-].[H-].[Mg+2]. The molecule has 0 rings (SSSR count). The van der Waals surface area contributed by atoms with Gasteiger partial charge in [-0.15, -0.1) is 0 Å². The van der Waals surface area contributed by atoms with Gasteiger partial charge in [-0.25, -0.2) is 4.18 Å². The molecule has 0 saturated heterocycles. The number of carbonyl (C=O) groups excluding carboxylic acids is 1. The summed E-state index contributed by atoms with van der Waals surface area (Å²) in [5, 5.41) is 0. The van der Waals surface area contributed by atoms with E-state index in [1.807, 2.05) is 0 Å². The first-order valence-electron chi connectivity index (χ1n) is 15.6. The Bertz CT molecular complexity index is 580. The van der Waals surface area contributed by atoms with Crippen molar-refractivity contribution >= 4 is 39.4 Å². The normalized spacial score (nSPS) is 11.4. The van der Waals surface area contributed by atoms with Gasteiger partial charge in [0.15, 0.2) is 0 Å². The molecule has 0 aliphatic heterocycles. The van der Waals surface area contributed by atoms with Crippen molar-refractivity contribution in [2.24, 2.45) is 0 Å². The molecule has 5 nitrogen and oxygen atoms in total. The van der Waals surface area contributed by atoms with Crippen LogP contribution in [0.5, 0.6) is 0 Å². The number of carbonyl (C=O) groups is 1. The van der Waals surface area contributed by atoms with Crippen molar-refractivity contribution in [2.75, 3.05) is 6.61 Å². The summed E-state index contributed by atoms with van der Waals surface area (Å²) in [7, 11) is -4.21. The standard InChI is InChI=1S/C30H60O5S.Mg.2H/c1-3-5-7-9-11-13-15-16-17-18-19-20-22-24-26-28-30(31)35-36(32,33)34-29-27-25-23-21-14-12-10-8-6-4-2;;;/h3-29H2,1-2H3;;;/q;+2;2*-1. The third-order valence-corrected chi connectivity index (χ3v) is 7.75. The second kappa shape index (κ2) is 30.7. The fourth-order valence-electron chi connectivity index (χ4n) is 4.57. The quantitative estimate of drug-likeness (QED) is 0.0674. The smallest absolute Gasteiger partial charge is 1.00 e. The number of hydrogen-bond acceptors (Lipinski definition) is 5. The summed E-state index contributed by atoms with van der Waals surface area (Å²) in [5.74, 6) is -0.701. The maximum Gasteiger partial charge on any atom is 2.00 e. The average Bonchev–Trinajstić information content (AvgIpc) is 2.84. The molecule has 0 fully saturated rings. The van der Waals surface area contributed by atoms with Crippen LogP contribution in [-0.4, -0.2) is 44.0 Å². The van der Waals surface area contributed by atoms with Crippen LogP contribution >= 0.6 is 0 Å². The molecule has 0 saturated carbocycles. The zero-order valence-corrected chi connectivity index (χ0v) is 27.0. The molecule has 7 heteroatoms. The van der Waals surface area contributed by atoms with E-state index in [2.05, 4.69) is 18.0 Å². The first kappa shape index (κ1) is 39.3. The Kier molecular flexibility index (Phi) is 32.6. The van der Waals surface area contributed by atoms with Gasteiger partial charge in [-0.3, -0.25) is 4.79 Å². The second-order valence-electron chi connectivity index (χ2n) is 10.6. The van der Waals surface area contributed by atoms with E-state index in [1.54, 1.807) is 0 Å². The Morgan fingerprint density at radius 3 is 1.16 bits per heavy atom. The zero-order valence-electron chi connectivity index (χ0n) is 26.7. The topological polar surface area (TPSA) is 69.7 Å².